The van der Waals surface area contributed by atoms with Gasteiger partial charge in [0.25, 0.3) is 0 Å². The molecule has 2 aromatic rings. The number of hydrogen-bond donors (Lipinski definition) is 2. The predicted molar refractivity (Wildman–Crippen MR) is 138 cm³/mol. The molecule has 30 heavy (non-hydrogen) atoms. The highest BCUT2D eigenvalue weighted by Gasteiger charge is 2.32. The fourth-order valence-electron chi connectivity index (χ4n) is 3.59. The third-order valence-electron chi connectivity index (χ3n) is 5.22. The molecule has 0 aliphatic carbocycles. The van der Waals surface area contributed by atoms with Crippen LogP contribution in [0.1, 0.15) is 31.4 Å². The van der Waals surface area contributed by atoms with Crippen LogP contribution >= 0.6 is 47.3 Å². The van der Waals surface area contributed by atoms with Gasteiger partial charge in [0.15, 0.2) is 5.96 Å². The van der Waals surface area contributed by atoms with Crippen LogP contribution in [-0.4, -0.2) is 59.6 Å². The van der Waals surface area contributed by atoms with Crippen LogP contribution in [0.25, 0.3) is 0 Å². The Hall–Kier alpha value is -0.970. The van der Waals surface area contributed by atoms with Gasteiger partial charge in [-0.25, -0.2) is 0 Å². The van der Waals surface area contributed by atoms with E-state index in [0.717, 1.165) is 54.9 Å². The molecular formula is C21H31ClIN5OS. The van der Waals surface area contributed by atoms with E-state index in [1.165, 1.54) is 0 Å². The zero-order valence-corrected chi connectivity index (χ0v) is 21.4. The molecule has 0 bridgehead atoms. The third-order valence-corrected chi connectivity index (χ3v) is 6.92. The molecule has 2 N–H and O–H groups in total. The first-order valence-corrected chi connectivity index (χ1v) is 11.4. The summed E-state index contributed by atoms with van der Waals surface area (Å²) in [5, 5.41) is 12.2. The first-order chi connectivity index (χ1) is 14.2. The van der Waals surface area contributed by atoms with Crippen LogP contribution in [0.15, 0.2) is 47.7 Å². The van der Waals surface area contributed by atoms with Crippen molar-refractivity contribution < 1.29 is 4.74 Å². The molecule has 9 heteroatoms. The van der Waals surface area contributed by atoms with Gasteiger partial charge in [-0.05, 0) is 42.4 Å². The normalized spacial score (nSPS) is 17.1. The van der Waals surface area contributed by atoms with Crippen LogP contribution in [-0.2, 0) is 4.74 Å². The lowest BCUT2D eigenvalue weighted by molar-refractivity contribution is 0.0782. The zero-order chi connectivity index (χ0) is 20.5. The Morgan fingerprint density at radius 1 is 1.30 bits per heavy atom. The number of ether oxygens (including phenoxy) is 1. The van der Waals surface area contributed by atoms with E-state index in [-0.39, 0.29) is 34.8 Å². The summed E-state index contributed by atoms with van der Waals surface area (Å²) >= 11 is 8.09. The van der Waals surface area contributed by atoms with Gasteiger partial charge in [-0.15, -0.1) is 24.0 Å². The van der Waals surface area contributed by atoms with Crippen molar-refractivity contribution in [1.82, 2.24) is 20.4 Å². The molecular weight excluding hydrogens is 533 g/mol. The van der Waals surface area contributed by atoms with Crippen LogP contribution < -0.4 is 10.6 Å². The lowest BCUT2D eigenvalue weighted by Gasteiger charge is -2.37. The van der Waals surface area contributed by atoms with Crippen LogP contribution in [0.3, 0.4) is 0 Å². The van der Waals surface area contributed by atoms with E-state index in [9.17, 15) is 0 Å². The van der Waals surface area contributed by atoms with Crippen molar-refractivity contribution in [2.75, 3.05) is 39.1 Å². The van der Waals surface area contributed by atoms with Crippen LogP contribution in [0.4, 0.5) is 0 Å². The summed E-state index contributed by atoms with van der Waals surface area (Å²) in [4.78, 5) is 4.43. The van der Waals surface area contributed by atoms with E-state index in [0.29, 0.717) is 6.54 Å². The minimum absolute atomic E-state index is 0. The van der Waals surface area contributed by atoms with Crippen molar-refractivity contribution in [3.05, 3.63) is 53.3 Å². The standard InChI is InChI=1S/C21H30ClN5OS.HI/c1-3-29-21(9-13-28-14-10-21)16-25-20(23-2)24-15-19(27-12-4-11-26-27)17-5-7-18(22)8-6-17;/h4-8,11-12,19H,3,9-10,13-16H2,1-2H3,(H2,23,24,25);1H. The maximum absolute atomic E-state index is 6.07. The van der Waals surface area contributed by atoms with Gasteiger partial charge in [-0.2, -0.15) is 16.9 Å². The van der Waals surface area contributed by atoms with Gasteiger partial charge in [-0.1, -0.05) is 30.7 Å². The number of nitrogens with one attached hydrogen (secondary N) is 2. The number of hydrogen-bond acceptors (Lipinski definition) is 4. The molecule has 0 radical (unpaired) electrons. The molecule has 1 fully saturated rings. The van der Waals surface area contributed by atoms with Gasteiger partial charge >= 0.3 is 0 Å². The molecule has 1 unspecified atom stereocenters. The maximum Gasteiger partial charge on any atom is 0.191 e. The smallest absolute Gasteiger partial charge is 0.191 e. The molecule has 0 saturated carbocycles. The fraction of sp³-hybridized carbons (Fsp3) is 0.524. The molecule has 6 nitrogen and oxygen atoms in total. The number of thioether (sulfide) groups is 1. The Balaban J connectivity index is 0.00000320. The monoisotopic (exact) mass is 563 g/mol. The molecule has 1 atom stereocenters. The molecule has 1 aromatic heterocycles. The van der Waals surface area contributed by atoms with Crippen molar-refractivity contribution in [2.45, 2.75) is 30.6 Å². The molecule has 1 aliphatic heterocycles. The number of benzene rings is 1. The Labute approximate surface area is 205 Å². The minimum atomic E-state index is 0. The van der Waals surface area contributed by atoms with E-state index >= 15 is 0 Å². The lowest BCUT2D eigenvalue weighted by Crippen LogP contribution is -2.49. The topological polar surface area (TPSA) is 63.5 Å². The van der Waals surface area contributed by atoms with Crippen molar-refractivity contribution in [1.29, 1.82) is 0 Å². The number of halogens is 2. The van der Waals surface area contributed by atoms with Gasteiger partial charge in [0.05, 0.1) is 6.04 Å². The highest BCUT2D eigenvalue weighted by molar-refractivity contribution is 14.0. The summed E-state index contributed by atoms with van der Waals surface area (Å²) in [5.74, 6) is 1.91. The van der Waals surface area contributed by atoms with Crippen molar-refractivity contribution >= 4 is 53.3 Å². The number of rotatable bonds is 8. The Morgan fingerprint density at radius 2 is 2.03 bits per heavy atom. The molecule has 0 spiro atoms. The van der Waals surface area contributed by atoms with Crippen molar-refractivity contribution in [3.63, 3.8) is 0 Å². The molecule has 1 aromatic carbocycles. The minimum Gasteiger partial charge on any atom is -0.381 e. The third kappa shape index (κ3) is 7.03. The van der Waals surface area contributed by atoms with E-state index in [1.54, 1.807) is 6.20 Å². The number of nitrogens with zero attached hydrogens (tertiary/aromatic N) is 3. The van der Waals surface area contributed by atoms with Crippen LogP contribution in [0, 0.1) is 0 Å². The highest BCUT2D eigenvalue weighted by atomic mass is 127. The summed E-state index contributed by atoms with van der Waals surface area (Å²) < 4.78 is 7.74. The Morgan fingerprint density at radius 3 is 2.63 bits per heavy atom. The molecule has 3 rings (SSSR count). The second-order valence-electron chi connectivity index (χ2n) is 7.09. The quantitative estimate of drug-likeness (QED) is 0.286. The van der Waals surface area contributed by atoms with E-state index < -0.39 is 0 Å². The van der Waals surface area contributed by atoms with E-state index in [4.69, 9.17) is 16.3 Å². The van der Waals surface area contributed by atoms with E-state index in [1.807, 2.05) is 60.0 Å². The van der Waals surface area contributed by atoms with Gasteiger partial charge in [0.1, 0.15) is 0 Å². The average molecular weight is 564 g/mol. The van der Waals surface area contributed by atoms with Crippen LogP contribution in [0.5, 0.6) is 0 Å². The first kappa shape index (κ1) is 25.3. The summed E-state index contributed by atoms with van der Waals surface area (Å²) in [5.41, 5.74) is 1.14. The SMILES string of the molecule is CCSC1(CNC(=NC)NCC(c2ccc(Cl)cc2)n2cccn2)CCOCC1.I. The second kappa shape index (κ2) is 12.8. The van der Waals surface area contributed by atoms with Gasteiger partial charge < -0.3 is 15.4 Å². The number of guanidine groups is 1. The molecule has 166 valence electrons. The van der Waals surface area contributed by atoms with E-state index in [2.05, 4.69) is 27.6 Å². The molecule has 2 heterocycles. The summed E-state index contributed by atoms with van der Waals surface area (Å²) in [6.07, 6.45) is 5.91. The van der Waals surface area contributed by atoms with Crippen molar-refractivity contribution in [3.8, 4) is 0 Å². The molecule has 0 amide bonds. The fourth-order valence-corrected chi connectivity index (χ4v) is 4.96. The lowest BCUT2D eigenvalue weighted by atomic mass is 9.99. The van der Waals surface area contributed by atoms with Crippen molar-refractivity contribution in [2.24, 2.45) is 4.99 Å². The van der Waals surface area contributed by atoms with Gasteiger partial charge in [0.2, 0.25) is 0 Å². The zero-order valence-electron chi connectivity index (χ0n) is 17.5. The summed E-state index contributed by atoms with van der Waals surface area (Å²) in [6, 6.07) is 9.90. The highest BCUT2D eigenvalue weighted by Crippen LogP contribution is 2.34. The largest absolute Gasteiger partial charge is 0.381 e. The number of aromatic nitrogens is 2. The second-order valence-corrected chi connectivity index (χ2v) is 9.26. The summed E-state index contributed by atoms with van der Waals surface area (Å²) in [6.45, 7) is 5.43. The van der Waals surface area contributed by atoms with Gasteiger partial charge in [0, 0.05) is 55.5 Å². The number of aliphatic imine (C=N–C) groups is 1. The molecule has 1 aliphatic rings. The van der Waals surface area contributed by atoms with Gasteiger partial charge in [-0.3, -0.25) is 9.67 Å². The maximum atomic E-state index is 6.07. The first-order valence-electron chi connectivity index (χ1n) is 10.1. The predicted octanol–water partition coefficient (Wildman–Crippen LogP) is 4.21. The van der Waals surface area contributed by atoms with Crippen LogP contribution in [0.2, 0.25) is 5.02 Å². The summed E-state index contributed by atoms with van der Waals surface area (Å²) in [7, 11) is 1.81. The molecule has 1 saturated heterocycles. The Kier molecular flexibility index (Phi) is 10.8. The average Bonchev–Trinajstić information content (AvgIpc) is 3.27. The Bertz CT molecular complexity index is 761.